The average molecular weight is 334 g/mol. The number of hydrogen-bond acceptors (Lipinski definition) is 7. The third-order valence-electron chi connectivity index (χ3n) is 3.36. The van der Waals surface area contributed by atoms with Crippen molar-refractivity contribution < 1.29 is 24.2 Å². The number of nitrogens with one attached hydrogen (secondary N) is 1. The summed E-state index contributed by atoms with van der Waals surface area (Å²) >= 11 is 0. The molecule has 2 rings (SSSR count). The normalized spacial score (nSPS) is 16.6. The lowest BCUT2D eigenvalue weighted by Gasteiger charge is -2.29. The van der Waals surface area contributed by atoms with E-state index in [2.05, 4.69) is 5.32 Å². The Kier molecular flexibility index (Phi) is 5.58. The standard InChI is InChI=1S/C17H22N2O5/c1-17(2)23-15(21)14(16(22)24-17)10-18-13-6-4-5-12(9-13)11-19(3)7-8-20/h4-6,9-10,18,20H,7-8,11H2,1-3H3. The van der Waals surface area contributed by atoms with E-state index in [1.165, 1.54) is 20.0 Å². The van der Waals surface area contributed by atoms with Gasteiger partial charge in [-0.05, 0) is 24.7 Å². The Morgan fingerprint density at radius 2 is 1.92 bits per heavy atom. The van der Waals surface area contributed by atoms with Gasteiger partial charge in [-0.15, -0.1) is 0 Å². The van der Waals surface area contributed by atoms with Crippen molar-refractivity contribution in [3.63, 3.8) is 0 Å². The molecule has 0 amide bonds. The molecule has 1 saturated heterocycles. The highest BCUT2D eigenvalue weighted by molar-refractivity contribution is 6.15. The molecule has 1 aliphatic rings. The number of carbonyl (C=O) groups excluding carboxylic acids is 2. The molecular formula is C17H22N2O5. The Morgan fingerprint density at radius 1 is 1.25 bits per heavy atom. The minimum absolute atomic E-state index is 0.0983. The Labute approximate surface area is 140 Å². The van der Waals surface area contributed by atoms with E-state index in [1.54, 1.807) is 0 Å². The van der Waals surface area contributed by atoms with E-state index in [1.807, 2.05) is 36.2 Å². The predicted octanol–water partition coefficient (Wildman–Crippen LogP) is 1.24. The van der Waals surface area contributed by atoms with Crippen LogP contribution in [0, 0.1) is 0 Å². The first kappa shape index (κ1) is 18.0. The van der Waals surface area contributed by atoms with Gasteiger partial charge in [0.1, 0.15) is 0 Å². The van der Waals surface area contributed by atoms with Crippen molar-refractivity contribution in [2.24, 2.45) is 0 Å². The van der Waals surface area contributed by atoms with E-state index in [0.717, 1.165) is 11.3 Å². The second-order valence-electron chi connectivity index (χ2n) is 6.04. The minimum Gasteiger partial charge on any atom is -0.419 e. The van der Waals surface area contributed by atoms with Crippen molar-refractivity contribution in [1.82, 2.24) is 4.90 Å². The van der Waals surface area contributed by atoms with Crippen molar-refractivity contribution in [1.29, 1.82) is 0 Å². The van der Waals surface area contributed by atoms with Gasteiger partial charge in [-0.3, -0.25) is 4.90 Å². The SMILES string of the molecule is CN(CCO)Cc1cccc(NC=C2C(=O)OC(C)(C)OC2=O)c1. The Hall–Kier alpha value is -2.38. The minimum atomic E-state index is -1.25. The number of carbonyl (C=O) groups is 2. The monoisotopic (exact) mass is 334 g/mol. The number of hydrogen-bond donors (Lipinski definition) is 2. The summed E-state index contributed by atoms with van der Waals surface area (Å²) in [7, 11) is 1.91. The van der Waals surface area contributed by atoms with Crippen LogP contribution < -0.4 is 5.32 Å². The topological polar surface area (TPSA) is 88.1 Å². The van der Waals surface area contributed by atoms with Crippen LogP contribution in [0.3, 0.4) is 0 Å². The number of aliphatic hydroxyl groups excluding tert-OH is 1. The molecule has 0 spiro atoms. The Balaban J connectivity index is 2.06. The number of aliphatic hydroxyl groups is 1. The average Bonchev–Trinajstić information content (AvgIpc) is 2.45. The molecule has 130 valence electrons. The van der Waals surface area contributed by atoms with E-state index in [9.17, 15) is 9.59 Å². The molecule has 0 bridgehead atoms. The second-order valence-corrected chi connectivity index (χ2v) is 6.04. The summed E-state index contributed by atoms with van der Waals surface area (Å²) in [5, 5.41) is 11.9. The van der Waals surface area contributed by atoms with Crippen molar-refractivity contribution in [3.8, 4) is 0 Å². The van der Waals surface area contributed by atoms with Crippen LogP contribution in [0.15, 0.2) is 36.0 Å². The molecule has 1 fully saturated rings. The molecule has 1 aromatic carbocycles. The fourth-order valence-electron chi connectivity index (χ4n) is 2.25. The molecule has 0 aromatic heterocycles. The van der Waals surface area contributed by atoms with Gasteiger partial charge in [-0.25, -0.2) is 9.59 Å². The molecule has 0 aliphatic carbocycles. The van der Waals surface area contributed by atoms with E-state index >= 15 is 0 Å². The van der Waals surface area contributed by atoms with Crippen LogP contribution in [0.4, 0.5) is 5.69 Å². The molecule has 7 heteroatoms. The Bertz CT molecular complexity index is 632. The fraction of sp³-hybridized carbons (Fsp3) is 0.412. The lowest BCUT2D eigenvalue weighted by atomic mass is 10.2. The Morgan fingerprint density at radius 3 is 2.54 bits per heavy atom. The summed E-state index contributed by atoms with van der Waals surface area (Å²) in [5.41, 5.74) is 1.57. The van der Waals surface area contributed by atoms with Crippen LogP contribution >= 0.6 is 0 Å². The quantitative estimate of drug-likeness (QED) is 0.460. The van der Waals surface area contributed by atoms with Gasteiger partial charge in [0, 0.05) is 38.8 Å². The van der Waals surface area contributed by atoms with Crippen LogP contribution in [-0.4, -0.2) is 47.9 Å². The number of rotatable bonds is 6. The molecule has 1 heterocycles. The van der Waals surface area contributed by atoms with E-state index in [4.69, 9.17) is 14.6 Å². The number of esters is 2. The van der Waals surface area contributed by atoms with E-state index < -0.39 is 17.7 Å². The number of ether oxygens (including phenoxy) is 2. The summed E-state index contributed by atoms with van der Waals surface area (Å²) in [6, 6.07) is 7.53. The van der Waals surface area contributed by atoms with Gasteiger partial charge in [0.05, 0.1) is 6.61 Å². The fourth-order valence-corrected chi connectivity index (χ4v) is 2.25. The van der Waals surface area contributed by atoms with Gasteiger partial charge in [0.2, 0.25) is 0 Å². The second kappa shape index (κ2) is 7.46. The van der Waals surface area contributed by atoms with Crippen LogP contribution in [0.1, 0.15) is 19.4 Å². The van der Waals surface area contributed by atoms with Gasteiger partial charge in [-0.2, -0.15) is 0 Å². The lowest BCUT2D eigenvalue weighted by molar-refractivity contribution is -0.222. The molecule has 2 N–H and O–H groups in total. The number of nitrogens with zero attached hydrogens (tertiary/aromatic N) is 1. The first-order valence-electron chi connectivity index (χ1n) is 7.62. The first-order chi connectivity index (χ1) is 11.3. The molecule has 0 radical (unpaired) electrons. The van der Waals surface area contributed by atoms with Crippen molar-refractivity contribution in [2.45, 2.75) is 26.2 Å². The molecule has 0 unspecified atom stereocenters. The number of cyclic esters (lactones) is 2. The largest absolute Gasteiger partial charge is 0.419 e. The molecule has 1 aromatic rings. The summed E-state index contributed by atoms with van der Waals surface area (Å²) in [6.07, 6.45) is 1.29. The van der Waals surface area contributed by atoms with Crippen LogP contribution in [0.25, 0.3) is 0 Å². The molecule has 0 atom stereocenters. The van der Waals surface area contributed by atoms with Crippen LogP contribution in [-0.2, 0) is 25.6 Å². The van der Waals surface area contributed by atoms with E-state index in [0.29, 0.717) is 13.1 Å². The maximum Gasteiger partial charge on any atom is 0.350 e. The van der Waals surface area contributed by atoms with Crippen molar-refractivity contribution in [2.75, 3.05) is 25.5 Å². The summed E-state index contributed by atoms with van der Waals surface area (Å²) in [4.78, 5) is 25.7. The maximum absolute atomic E-state index is 11.9. The third kappa shape index (κ3) is 4.81. The highest BCUT2D eigenvalue weighted by Crippen LogP contribution is 2.22. The van der Waals surface area contributed by atoms with Gasteiger partial charge < -0.3 is 19.9 Å². The zero-order chi connectivity index (χ0) is 17.7. The van der Waals surface area contributed by atoms with E-state index in [-0.39, 0.29) is 12.2 Å². The number of benzene rings is 1. The van der Waals surface area contributed by atoms with Crippen molar-refractivity contribution >= 4 is 17.6 Å². The zero-order valence-electron chi connectivity index (χ0n) is 14.0. The summed E-state index contributed by atoms with van der Waals surface area (Å²) < 4.78 is 10.1. The predicted molar refractivity (Wildman–Crippen MR) is 87.8 cm³/mol. The highest BCUT2D eigenvalue weighted by Gasteiger charge is 2.38. The van der Waals surface area contributed by atoms with Crippen LogP contribution in [0.2, 0.25) is 0 Å². The zero-order valence-corrected chi connectivity index (χ0v) is 14.0. The smallest absolute Gasteiger partial charge is 0.350 e. The third-order valence-corrected chi connectivity index (χ3v) is 3.36. The van der Waals surface area contributed by atoms with Gasteiger partial charge >= 0.3 is 11.9 Å². The summed E-state index contributed by atoms with van der Waals surface area (Å²) in [6.45, 7) is 4.35. The lowest BCUT2D eigenvalue weighted by Crippen LogP contribution is -2.42. The highest BCUT2D eigenvalue weighted by atomic mass is 16.7. The van der Waals surface area contributed by atoms with Crippen LogP contribution in [0.5, 0.6) is 0 Å². The molecule has 1 aliphatic heterocycles. The molecule has 0 saturated carbocycles. The van der Waals surface area contributed by atoms with Crippen molar-refractivity contribution in [3.05, 3.63) is 41.6 Å². The van der Waals surface area contributed by atoms with Gasteiger partial charge in [-0.1, -0.05) is 12.1 Å². The van der Waals surface area contributed by atoms with Gasteiger partial charge in [0.25, 0.3) is 5.79 Å². The van der Waals surface area contributed by atoms with Gasteiger partial charge in [0.15, 0.2) is 5.57 Å². The number of anilines is 1. The summed E-state index contributed by atoms with van der Waals surface area (Å²) in [5.74, 6) is -2.69. The number of likely N-dealkylation sites (N-methyl/N-ethyl adjacent to an activating group) is 1. The maximum atomic E-state index is 11.9. The molecular weight excluding hydrogens is 312 g/mol. The molecule has 24 heavy (non-hydrogen) atoms. The molecule has 7 nitrogen and oxygen atoms in total. The first-order valence-corrected chi connectivity index (χ1v) is 7.62.